The molecule has 136 valence electrons. The first-order chi connectivity index (χ1) is 12.0. The van der Waals surface area contributed by atoms with Crippen molar-refractivity contribution in [3.8, 4) is 0 Å². The summed E-state index contributed by atoms with van der Waals surface area (Å²) in [7, 11) is 0. The molecule has 5 heteroatoms. The van der Waals surface area contributed by atoms with Gasteiger partial charge in [-0.15, -0.1) is 0 Å². The Morgan fingerprint density at radius 3 is 2.76 bits per heavy atom. The first kappa shape index (κ1) is 17.9. The van der Waals surface area contributed by atoms with E-state index in [-0.39, 0.29) is 24.4 Å². The molecule has 1 amide bonds. The number of fused-ring (bicyclic) bond motifs is 1. The standard InChI is InChI=1S/C20H28N2O3/c1-14(16-9-8-15-5-2-3-6-17(15)11-16)21-19(23)13-22-10-4-7-18(12-22)20(24)25/h8-9,11,14,18H,2-7,10,12-13H2,1H3,(H,21,23)(H,24,25). The van der Waals surface area contributed by atoms with Crippen LogP contribution >= 0.6 is 0 Å². The van der Waals surface area contributed by atoms with Gasteiger partial charge in [-0.1, -0.05) is 18.2 Å². The Bertz CT molecular complexity index is 644. The Kier molecular flexibility index (Phi) is 5.74. The van der Waals surface area contributed by atoms with Gasteiger partial charge in [0.2, 0.25) is 5.91 Å². The van der Waals surface area contributed by atoms with E-state index in [9.17, 15) is 9.59 Å². The molecular weight excluding hydrogens is 316 g/mol. The van der Waals surface area contributed by atoms with Crippen LogP contribution in [0.3, 0.4) is 0 Å². The highest BCUT2D eigenvalue weighted by Crippen LogP contribution is 2.25. The second-order valence-corrected chi connectivity index (χ2v) is 7.44. The highest BCUT2D eigenvalue weighted by atomic mass is 16.4. The molecule has 3 rings (SSSR count). The van der Waals surface area contributed by atoms with Gasteiger partial charge in [-0.05, 0) is 68.7 Å². The van der Waals surface area contributed by atoms with Gasteiger partial charge in [0.25, 0.3) is 0 Å². The molecule has 2 aliphatic rings. The molecule has 2 N–H and O–H groups in total. The number of likely N-dealkylation sites (tertiary alicyclic amines) is 1. The van der Waals surface area contributed by atoms with Crippen molar-refractivity contribution in [1.29, 1.82) is 0 Å². The fourth-order valence-electron chi connectivity index (χ4n) is 4.00. The highest BCUT2D eigenvalue weighted by Gasteiger charge is 2.26. The number of nitrogens with zero attached hydrogens (tertiary/aromatic N) is 1. The summed E-state index contributed by atoms with van der Waals surface area (Å²) >= 11 is 0. The molecule has 1 aromatic carbocycles. The summed E-state index contributed by atoms with van der Waals surface area (Å²) in [4.78, 5) is 25.5. The molecule has 5 nitrogen and oxygen atoms in total. The van der Waals surface area contributed by atoms with Gasteiger partial charge in [0.05, 0.1) is 18.5 Å². The predicted molar refractivity (Wildman–Crippen MR) is 96.4 cm³/mol. The van der Waals surface area contributed by atoms with E-state index in [0.717, 1.165) is 31.4 Å². The summed E-state index contributed by atoms with van der Waals surface area (Å²) in [5.74, 6) is -1.14. The Hall–Kier alpha value is -1.88. The van der Waals surface area contributed by atoms with Gasteiger partial charge in [-0.3, -0.25) is 14.5 Å². The number of piperidine rings is 1. The third-order valence-corrected chi connectivity index (χ3v) is 5.47. The quantitative estimate of drug-likeness (QED) is 0.861. The number of hydrogen-bond acceptors (Lipinski definition) is 3. The number of carboxylic acid groups (broad SMARTS) is 1. The smallest absolute Gasteiger partial charge is 0.307 e. The molecular formula is C20H28N2O3. The molecule has 0 saturated carbocycles. The first-order valence-electron chi connectivity index (χ1n) is 9.39. The molecule has 1 aromatic rings. The van der Waals surface area contributed by atoms with E-state index in [0.29, 0.717) is 13.0 Å². The summed E-state index contributed by atoms with van der Waals surface area (Å²) in [6, 6.07) is 6.53. The number of benzene rings is 1. The largest absolute Gasteiger partial charge is 0.481 e. The molecule has 1 aliphatic heterocycles. The zero-order chi connectivity index (χ0) is 17.8. The average molecular weight is 344 g/mol. The third-order valence-electron chi connectivity index (χ3n) is 5.47. The number of aryl methyl sites for hydroxylation is 2. The molecule has 1 fully saturated rings. The van der Waals surface area contributed by atoms with Crippen LogP contribution < -0.4 is 5.32 Å². The van der Waals surface area contributed by atoms with Crippen molar-refractivity contribution < 1.29 is 14.7 Å². The Labute approximate surface area is 149 Å². The van der Waals surface area contributed by atoms with Crippen molar-refractivity contribution in [2.75, 3.05) is 19.6 Å². The Morgan fingerprint density at radius 2 is 2.00 bits per heavy atom. The zero-order valence-electron chi connectivity index (χ0n) is 15.0. The van der Waals surface area contributed by atoms with Crippen LogP contribution in [0.2, 0.25) is 0 Å². The number of nitrogens with one attached hydrogen (secondary N) is 1. The van der Waals surface area contributed by atoms with E-state index in [1.807, 2.05) is 11.8 Å². The van der Waals surface area contributed by atoms with Gasteiger partial charge in [0, 0.05) is 6.54 Å². The average Bonchev–Trinajstić information content (AvgIpc) is 2.61. The minimum atomic E-state index is -0.757. The number of rotatable bonds is 5. The highest BCUT2D eigenvalue weighted by molar-refractivity contribution is 5.78. The van der Waals surface area contributed by atoms with Crippen molar-refractivity contribution in [2.45, 2.75) is 51.5 Å². The summed E-state index contributed by atoms with van der Waals surface area (Å²) in [5.41, 5.74) is 4.02. The molecule has 0 radical (unpaired) electrons. The molecule has 2 atom stereocenters. The Morgan fingerprint density at radius 1 is 1.24 bits per heavy atom. The fraction of sp³-hybridized carbons (Fsp3) is 0.600. The van der Waals surface area contributed by atoms with Crippen molar-refractivity contribution in [3.05, 3.63) is 34.9 Å². The molecule has 0 bridgehead atoms. The number of carboxylic acids is 1. The number of aliphatic carboxylic acids is 1. The van der Waals surface area contributed by atoms with E-state index in [1.54, 1.807) is 0 Å². The second kappa shape index (κ2) is 8.00. The number of carbonyl (C=O) groups excluding carboxylic acids is 1. The summed E-state index contributed by atoms with van der Waals surface area (Å²) in [6.07, 6.45) is 6.36. The molecule has 1 saturated heterocycles. The molecule has 0 spiro atoms. The molecule has 2 unspecified atom stereocenters. The summed E-state index contributed by atoms with van der Waals surface area (Å²) < 4.78 is 0. The minimum Gasteiger partial charge on any atom is -0.481 e. The van der Waals surface area contributed by atoms with Crippen LogP contribution in [0.4, 0.5) is 0 Å². The van der Waals surface area contributed by atoms with Crippen molar-refractivity contribution >= 4 is 11.9 Å². The van der Waals surface area contributed by atoms with E-state index in [4.69, 9.17) is 5.11 Å². The molecule has 1 heterocycles. The van der Waals surface area contributed by atoms with Crippen LogP contribution in [-0.4, -0.2) is 41.5 Å². The number of amides is 1. The molecule has 0 aromatic heterocycles. The van der Waals surface area contributed by atoms with Gasteiger partial charge in [-0.25, -0.2) is 0 Å². The van der Waals surface area contributed by atoms with Gasteiger partial charge >= 0.3 is 5.97 Å². The van der Waals surface area contributed by atoms with Crippen molar-refractivity contribution in [2.24, 2.45) is 5.92 Å². The van der Waals surface area contributed by atoms with Crippen LogP contribution in [-0.2, 0) is 22.4 Å². The molecule has 25 heavy (non-hydrogen) atoms. The number of carbonyl (C=O) groups is 2. The normalized spacial score (nSPS) is 22.0. The van der Waals surface area contributed by atoms with Gasteiger partial charge in [-0.2, -0.15) is 0 Å². The maximum atomic E-state index is 12.4. The van der Waals surface area contributed by atoms with E-state index in [1.165, 1.54) is 24.0 Å². The maximum Gasteiger partial charge on any atom is 0.307 e. The second-order valence-electron chi connectivity index (χ2n) is 7.44. The van der Waals surface area contributed by atoms with Crippen LogP contribution in [0, 0.1) is 5.92 Å². The fourth-order valence-corrected chi connectivity index (χ4v) is 4.00. The zero-order valence-corrected chi connectivity index (χ0v) is 15.0. The lowest BCUT2D eigenvalue weighted by Gasteiger charge is -2.30. The number of hydrogen-bond donors (Lipinski definition) is 2. The summed E-state index contributed by atoms with van der Waals surface area (Å²) in [5, 5.41) is 12.2. The SMILES string of the molecule is CC(NC(=O)CN1CCCC(C(=O)O)C1)c1ccc2c(c1)CCCC2. The lowest BCUT2D eigenvalue weighted by molar-refractivity contribution is -0.144. The topological polar surface area (TPSA) is 69.6 Å². The third kappa shape index (κ3) is 4.60. The minimum absolute atomic E-state index is 0.0280. The maximum absolute atomic E-state index is 12.4. The Balaban J connectivity index is 1.54. The van der Waals surface area contributed by atoms with E-state index < -0.39 is 5.97 Å². The van der Waals surface area contributed by atoms with Crippen LogP contribution in [0.25, 0.3) is 0 Å². The lowest BCUT2D eigenvalue weighted by Crippen LogP contribution is -2.44. The van der Waals surface area contributed by atoms with Gasteiger partial charge in [0.1, 0.15) is 0 Å². The van der Waals surface area contributed by atoms with Gasteiger partial charge in [0.15, 0.2) is 0 Å². The lowest BCUT2D eigenvalue weighted by atomic mass is 9.89. The van der Waals surface area contributed by atoms with Crippen molar-refractivity contribution in [1.82, 2.24) is 10.2 Å². The molecule has 1 aliphatic carbocycles. The van der Waals surface area contributed by atoms with Crippen LogP contribution in [0.15, 0.2) is 18.2 Å². The van der Waals surface area contributed by atoms with E-state index >= 15 is 0 Å². The summed E-state index contributed by atoms with van der Waals surface area (Å²) in [6.45, 7) is 3.55. The first-order valence-corrected chi connectivity index (χ1v) is 9.39. The monoisotopic (exact) mass is 344 g/mol. The predicted octanol–water partition coefficient (Wildman–Crippen LogP) is 2.54. The van der Waals surface area contributed by atoms with Crippen LogP contribution in [0.1, 0.15) is 55.3 Å². The van der Waals surface area contributed by atoms with Crippen LogP contribution in [0.5, 0.6) is 0 Å². The van der Waals surface area contributed by atoms with E-state index in [2.05, 4.69) is 23.5 Å². The van der Waals surface area contributed by atoms with Crippen molar-refractivity contribution in [3.63, 3.8) is 0 Å². The van der Waals surface area contributed by atoms with Gasteiger partial charge < -0.3 is 10.4 Å².